The summed E-state index contributed by atoms with van der Waals surface area (Å²) in [5.41, 5.74) is 2.85. The molecule has 5 rings (SSSR count). The van der Waals surface area contributed by atoms with E-state index >= 15 is 0 Å². The van der Waals surface area contributed by atoms with E-state index in [9.17, 15) is 8.78 Å². The lowest BCUT2D eigenvalue weighted by molar-refractivity contribution is 0.599. The zero-order valence-electron chi connectivity index (χ0n) is 16.1. The van der Waals surface area contributed by atoms with E-state index in [4.69, 9.17) is 4.98 Å². The first-order valence-corrected chi connectivity index (χ1v) is 9.44. The first kappa shape index (κ1) is 18.2. The van der Waals surface area contributed by atoms with E-state index in [2.05, 4.69) is 19.7 Å². The summed E-state index contributed by atoms with van der Waals surface area (Å²) in [7, 11) is 0. The fraction of sp³-hybridized carbons (Fsp3) is 0.143. The third-order valence-electron chi connectivity index (χ3n) is 5.04. The molecule has 2 aromatic carbocycles. The van der Waals surface area contributed by atoms with Crippen molar-refractivity contribution in [2.75, 3.05) is 0 Å². The molecule has 0 fully saturated rings. The van der Waals surface area contributed by atoms with Crippen LogP contribution in [0.2, 0.25) is 0 Å². The Morgan fingerprint density at radius 3 is 2.63 bits per heavy atom. The van der Waals surface area contributed by atoms with Crippen molar-refractivity contribution < 1.29 is 8.78 Å². The van der Waals surface area contributed by atoms with Crippen LogP contribution in [0.3, 0.4) is 0 Å². The maximum absolute atomic E-state index is 14.3. The maximum atomic E-state index is 14.3. The molecule has 0 radical (unpaired) electrons. The predicted molar refractivity (Wildman–Crippen MR) is 107 cm³/mol. The first-order valence-electron chi connectivity index (χ1n) is 9.44. The van der Waals surface area contributed by atoms with Gasteiger partial charge in [-0.2, -0.15) is 0 Å². The van der Waals surface area contributed by atoms with Gasteiger partial charge < -0.3 is 9.13 Å². The highest BCUT2D eigenvalue weighted by Gasteiger charge is 2.16. The largest absolute Gasteiger partial charge is 0.327 e. The van der Waals surface area contributed by atoms with E-state index in [1.807, 2.05) is 29.7 Å². The smallest absolute Gasteiger partial charge is 0.143 e. The van der Waals surface area contributed by atoms with E-state index in [-0.39, 0.29) is 5.56 Å². The summed E-state index contributed by atoms with van der Waals surface area (Å²) in [6.07, 6.45) is 6.57. The highest BCUT2D eigenvalue weighted by Crippen LogP contribution is 2.25. The molecule has 0 saturated heterocycles. The Balaban J connectivity index is 1.56. The van der Waals surface area contributed by atoms with Crippen molar-refractivity contribution in [3.05, 3.63) is 78.9 Å². The summed E-state index contributed by atoms with van der Waals surface area (Å²) in [6, 6.07) is 9.31. The van der Waals surface area contributed by atoms with Gasteiger partial charge in [0.25, 0.3) is 0 Å². The van der Waals surface area contributed by atoms with E-state index in [1.165, 1.54) is 0 Å². The average molecular weight is 405 g/mol. The Morgan fingerprint density at radius 2 is 1.83 bits per heavy atom. The molecule has 0 spiro atoms. The van der Waals surface area contributed by atoms with Gasteiger partial charge in [0.05, 0.1) is 28.8 Å². The van der Waals surface area contributed by atoms with Crippen molar-refractivity contribution in [2.24, 2.45) is 0 Å². The molecule has 30 heavy (non-hydrogen) atoms. The molecule has 0 aliphatic rings. The third-order valence-corrected chi connectivity index (χ3v) is 5.04. The molecular weight excluding hydrogens is 388 g/mol. The van der Waals surface area contributed by atoms with Crippen LogP contribution in [0.25, 0.3) is 28.1 Å². The van der Waals surface area contributed by atoms with Crippen molar-refractivity contribution >= 4 is 11.0 Å². The lowest BCUT2D eigenvalue weighted by Gasteiger charge is -2.10. The van der Waals surface area contributed by atoms with Crippen LogP contribution in [0.4, 0.5) is 8.78 Å². The van der Waals surface area contributed by atoms with Crippen molar-refractivity contribution in [1.29, 1.82) is 0 Å². The zero-order valence-corrected chi connectivity index (χ0v) is 16.1. The van der Waals surface area contributed by atoms with Crippen molar-refractivity contribution in [3.8, 4) is 17.1 Å². The van der Waals surface area contributed by atoms with Crippen molar-refractivity contribution in [3.63, 3.8) is 0 Å². The number of hydrogen-bond donors (Lipinski definition) is 0. The van der Waals surface area contributed by atoms with Crippen LogP contribution in [0.1, 0.15) is 12.7 Å². The van der Waals surface area contributed by atoms with Crippen LogP contribution in [0, 0.1) is 11.6 Å². The van der Waals surface area contributed by atoms with Gasteiger partial charge in [0, 0.05) is 18.9 Å². The van der Waals surface area contributed by atoms with Gasteiger partial charge in [0.15, 0.2) is 0 Å². The van der Waals surface area contributed by atoms with Crippen LogP contribution in [-0.4, -0.2) is 33.9 Å². The minimum absolute atomic E-state index is 0.119. The molecule has 3 heterocycles. The molecule has 0 aliphatic carbocycles. The summed E-state index contributed by atoms with van der Waals surface area (Å²) >= 11 is 0. The predicted octanol–water partition coefficient (Wildman–Crippen LogP) is 3.83. The van der Waals surface area contributed by atoms with Crippen LogP contribution < -0.4 is 0 Å². The molecule has 0 N–H and O–H groups in total. The lowest BCUT2D eigenvalue weighted by Crippen LogP contribution is -2.09. The minimum atomic E-state index is -0.522. The molecule has 0 aliphatic heterocycles. The number of fused-ring (bicyclic) bond motifs is 1. The van der Waals surface area contributed by atoms with Crippen LogP contribution in [0.15, 0.2) is 61.4 Å². The monoisotopic (exact) mass is 405 g/mol. The fourth-order valence-corrected chi connectivity index (χ4v) is 3.64. The average Bonchev–Trinajstić information content (AvgIpc) is 3.49. The molecule has 0 unspecified atom stereocenters. The Labute approximate surface area is 170 Å². The number of benzene rings is 2. The minimum Gasteiger partial charge on any atom is -0.327 e. The number of imidazole rings is 2. The second-order valence-electron chi connectivity index (χ2n) is 6.82. The number of rotatable bonds is 5. The molecule has 0 bridgehead atoms. The van der Waals surface area contributed by atoms with E-state index in [1.54, 1.807) is 29.6 Å². The number of aryl methyl sites for hydroxylation is 1. The van der Waals surface area contributed by atoms with Crippen LogP contribution in [0.5, 0.6) is 0 Å². The maximum Gasteiger partial charge on any atom is 0.143 e. The SMILES string of the molecule is CCn1c(Cn2ccnc2-c2cc(F)ccc2F)nc2cc(-n3cnnc3)ccc21. The lowest BCUT2D eigenvalue weighted by atomic mass is 10.2. The van der Waals surface area contributed by atoms with Gasteiger partial charge in [-0.3, -0.25) is 4.57 Å². The van der Waals surface area contributed by atoms with Gasteiger partial charge in [0.2, 0.25) is 0 Å². The fourth-order valence-electron chi connectivity index (χ4n) is 3.64. The van der Waals surface area contributed by atoms with Crippen molar-refractivity contribution in [1.82, 2.24) is 33.9 Å². The van der Waals surface area contributed by atoms with Gasteiger partial charge in [-0.1, -0.05) is 0 Å². The number of hydrogen-bond acceptors (Lipinski definition) is 4. The zero-order chi connectivity index (χ0) is 20.7. The summed E-state index contributed by atoms with van der Waals surface area (Å²) in [4.78, 5) is 9.04. The second kappa shape index (κ2) is 7.18. The van der Waals surface area contributed by atoms with E-state index < -0.39 is 11.6 Å². The van der Waals surface area contributed by atoms with E-state index in [0.717, 1.165) is 47.3 Å². The molecule has 0 saturated carbocycles. The van der Waals surface area contributed by atoms with Gasteiger partial charge in [-0.05, 0) is 43.3 Å². The van der Waals surface area contributed by atoms with Crippen molar-refractivity contribution in [2.45, 2.75) is 20.0 Å². The summed E-state index contributed by atoms with van der Waals surface area (Å²) in [5, 5.41) is 7.68. The molecule has 0 amide bonds. The van der Waals surface area contributed by atoms with Gasteiger partial charge in [0.1, 0.15) is 35.9 Å². The molecule has 5 aromatic rings. The third kappa shape index (κ3) is 3.04. The van der Waals surface area contributed by atoms with E-state index in [0.29, 0.717) is 12.4 Å². The Hall–Kier alpha value is -3.88. The number of halogens is 2. The topological polar surface area (TPSA) is 66.3 Å². The first-order chi connectivity index (χ1) is 14.6. The van der Waals surface area contributed by atoms with Gasteiger partial charge in [-0.25, -0.2) is 18.7 Å². The van der Waals surface area contributed by atoms with Gasteiger partial charge in [-0.15, -0.1) is 10.2 Å². The Morgan fingerprint density at radius 1 is 1.00 bits per heavy atom. The van der Waals surface area contributed by atoms with Gasteiger partial charge >= 0.3 is 0 Å². The highest BCUT2D eigenvalue weighted by atomic mass is 19.1. The molecule has 0 atom stereocenters. The molecular formula is C21H17F2N7. The Kier molecular flexibility index (Phi) is 4.35. The normalized spacial score (nSPS) is 11.4. The highest BCUT2D eigenvalue weighted by molar-refractivity contribution is 5.78. The molecule has 150 valence electrons. The molecule has 7 nitrogen and oxygen atoms in total. The summed E-state index contributed by atoms with van der Waals surface area (Å²) in [6.45, 7) is 3.13. The standard InChI is InChI=1S/C21H17F2N7/c1-2-30-19-6-4-15(29-12-25-26-13-29)10-18(19)27-20(30)11-28-8-7-24-21(28)16-9-14(22)3-5-17(16)23/h3-10,12-13H,2,11H2,1H3. The second-order valence-corrected chi connectivity index (χ2v) is 6.82. The summed E-state index contributed by atoms with van der Waals surface area (Å²) < 4.78 is 33.6. The van der Waals surface area contributed by atoms with Crippen LogP contribution in [-0.2, 0) is 13.1 Å². The van der Waals surface area contributed by atoms with Crippen LogP contribution >= 0.6 is 0 Å². The summed E-state index contributed by atoms with van der Waals surface area (Å²) in [5.74, 6) is 0.117. The molecule has 9 heteroatoms. The molecule has 3 aromatic heterocycles. The quantitative estimate of drug-likeness (QED) is 0.446. The number of nitrogens with zero attached hydrogens (tertiary/aromatic N) is 7. The Bertz CT molecular complexity index is 1340. The number of aromatic nitrogens is 7.